The lowest BCUT2D eigenvalue weighted by molar-refractivity contribution is 0.169. The Labute approximate surface area is 96.0 Å². The number of hydrogen-bond acceptors (Lipinski definition) is 3. The first-order chi connectivity index (χ1) is 7.54. The molecule has 0 amide bonds. The van der Waals surface area contributed by atoms with E-state index in [2.05, 4.69) is 6.07 Å². The van der Waals surface area contributed by atoms with Gasteiger partial charge in [0.2, 0.25) is 0 Å². The summed E-state index contributed by atoms with van der Waals surface area (Å²) in [5.74, 6) is 1.63. The minimum Gasteiger partial charge on any atom is -0.486 e. The highest BCUT2D eigenvalue weighted by Gasteiger charge is 2.24. The first-order valence-corrected chi connectivity index (χ1v) is 5.56. The summed E-state index contributed by atoms with van der Waals surface area (Å²) in [4.78, 5) is 0. The van der Waals surface area contributed by atoms with Gasteiger partial charge in [0.25, 0.3) is 0 Å². The molecule has 1 heterocycles. The SMILES string of the molecule is Cc1cc(C(C)(C)CO)cc2c1OCCO2. The van der Waals surface area contributed by atoms with Crippen LogP contribution in [0.2, 0.25) is 0 Å². The van der Waals surface area contributed by atoms with Gasteiger partial charge >= 0.3 is 0 Å². The number of aliphatic hydroxyl groups is 1. The van der Waals surface area contributed by atoms with E-state index in [0.29, 0.717) is 13.2 Å². The molecule has 0 fully saturated rings. The van der Waals surface area contributed by atoms with E-state index in [1.807, 2.05) is 26.8 Å². The van der Waals surface area contributed by atoms with E-state index < -0.39 is 0 Å². The Morgan fingerprint density at radius 2 is 1.94 bits per heavy atom. The molecule has 1 aliphatic rings. The van der Waals surface area contributed by atoms with Crippen LogP contribution in [0.3, 0.4) is 0 Å². The first kappa shape index (κ1) is 11.3. The van der Waals surface area contributed by atoms with E-state index in [0.717, 1.165) is 22.6 Å². The summed E-state index contributed by atoms with van der Waals surface area (Å²) in [6.45, 7) is 7.35. The van der Waals surface area contributed by atoms with Gasteiger partial charge < -0.3 is 14.6 Å². The van der Waals surface area contributed by atoms with E-state index in [1.54, 1.807) is 0 Å². The van der Waals surface area contributed by atoms with Crippen LogP contribution in [-0.2, 0) is 5.41 Å². The van der Waals surface area contributed by atoms with Crippen LogP contribution >= 0.6 is 0 Å². The van der Waals surface area contributed by atoms with Crippen LogP contribution < -0.4 is 9.47 Å². The molecule has 0 saturated carbocycles. The van der Waals surface area contributed by atoms with Gasteiger partial charge in [-0.15, -0.1) is 0 Å². The molecule has 2 rings (SSSR count). The molecule has 0 aliphatic carbocycles. The third-order valence-electron chi connectivity index (χ3n) is 3.00. The quantitative estimate of drug-likeness (QED) is 0.832. The molecule has 3 nitrogen and oxygen atoms in total. The minimum absolute atomic E-state index is 0.117. The third kappa shape index (κ3) is 1.87. The van der Waals surface area contributed by atoms with Gasteiger partial charge in [0, 0.05) is 5.41 Å². The predicted octanol–water partition coefficient (Wildman–Crippen LogP) is 2.04. The maximum absolute atomic E-state index is 9.37. The molecule has 0 unspecified atom stereocenters. The lowest BCUT2D eigenvalue weighted by atomic mass is 9.84. The van der Waals surface area contributed by atoms with Gasteiger partial charge in [-0.1, -0.05) is 19.9 Å². The molecule has 0 spiro atoms. The second-order valence-corrected chi connectivity index (χ2v) is 4.86. The number of hydrogen-bond donors (Lipinski definition) is 1. The Bertz CT molecular complexity index is 396. The molecule has 1 aromatic carbocycles. The van der Waals surface area contributed by atoms with Crippen LogP contribution in [0.25, 0.3) is 0 Å². The largest absolute Gasteiger partial charge is 0.486 e. The van der Waals surface area contributed by atoms with Crippen molar-refractivity contribution in [1.29, 1.82) is 0 Å². The van der Waals surface area contributed by atoms with E-state index in [4.69, 9.17) is 9.47 Å². The zero-order valence-corrected chi connectivity index (χ0v) is 10.0. The lowest BCUT2D eigenvalue weighted by Gasteiger charge is -2.27. The predicted molar refractivity (Wildman–Crippen MR) is 62.3 cm³/mol. The van der Waals surface area contributed by atoms with Gasteiger partial charge in [0.1, 0.15) is 13.2 Å². The Hall–Kier alpha value is -1.22. The highest BCUT2D eigenvalue weighted by Crippen LogP contribution is 2.38. The first-order valence-electron chi connectivity index (χ1n) is 5.56. The summed E-state index contributed by atoms with van der Waals surface area (Å²) in [6.07, 6.45) is 0. The second kappa shape index (κ2) is 3.98. The second-order valence-electron chi connectivity index (χ2n) is 4.86. The van der Waals surface area contributed by atoms with Crippen LogP contribution in [0, 0.1) is 6.92 Å². The molecule has 0 saturated heterocycles. The third-order valence-corrected chi connectivity index (χ3v) is 3.00. The number of aliphatic hydroxyl groups excluding tert-OH is 1. The number of aryl methyl sites for hydroxylation is 1. The standard InChI is InChI=1S/C13H18O3/c1-9-6-10(13(2,3)8-14)7-11-12(9)16-5-4-15-11/h6-7,14H,4-5,8H2,1-3H3. The fourth-order valence-electron chi connectivity index (χ4n) is 1.81. The monoisotopic (exact) mass is 222 g/mol. The average molecular weight is 222 g/mol. The lowest BCUT2D eigenvalue weighted by Crippen LogP contribution is -2.23. The Balaban J connectivity index is 2.47. The highest BCUT2D eigenvalue weighted by atomic mass is 16.6. The van der Waals surface area contributed by atoms with Crippen LogP contribution in [0.1, 0.15) is 25.0 Å². The molecule has 0 aromatic heterocycles. The van der Waals surface area contributed by atoms with Crippen molar-refractivity contribution in [3.8, 4) is 11.5 Å². The minimum atomic E-state index is -0.249. The van der Waals surface area contributed by atoms with Crippen LogP contribution in [0.5, 0.6) is 11.5 Å². The fraction of sp³-hybridized carbons (Fsp3) is 0.538. The normalized spacial score (nSPS) is 15.0. The molecule has 16 heavy (non-hydrogen) atoms. The number of benzene rings is 1. The average Bonchev–Trinajstić information content (AvgIpc) is 2.29. The zero-order valence-electron chi connectivity index (χ0n) is 10.0. The van der Waals surface area contributed by atoms with E-state index in [1.165, 1.54) is 0 Å². The molecular formula is C13H18O3. The van der Waals surface area contributed by atoms with Crippen molar-refractivity contribution in [1.82, 2.24) is 0 Å². The Kier molecular flexibility index (Phi) is 2.80. The summed E-state index contributed by atoms with van der Waals surface area (Å²) in [6, 6.07) is 4.03. The molecule has 0 bridgehead atoms. The summed E-state index contributed by atoms with van der Waals surface area (Å²) in [5.41, 5.74) is 1.89. The van der Waals surface area contributed by atoms with Gasteiger partial charge in [-0.05, 0) is 24.1 Å². The number of ether oxygens (including phenoxy) is 2. The summed E-state index contributed by atoms with van der Waals surface area (Å²) in [5, 5.41) is 9.37. The molecule has 1 aliphatic heterocycles. The van der Waals surface area contributed by atoms with Crippen molar-refractivity contribution in [2.75, 3.05) is 19.8 Å². The Morgan fingerprint density at radius 3 is 2.62 bits per heavy atom. The molecule has 1 aromatic rings. The van der Waals surface area contributed by atoms with Crippen molar-refractivity contribution in [3.63, 3.8) is 0 Å². The van der Waals surface area contributed by atoms with E-state index in [-0.39, 0.29) is 12.0 Å². The molecule has 0 atom stereocenters. The molecule has 3 heteroatoms. The molecule has 88 valence electrons. The smallest absolute Gasteiger partial charge is 0.164 e. The molecule has 1 N–H and O–H groups in total. The zero-order chi connectivity index (χ0) is 11.8. The summed E-state index contributed by atoms with van der Waals surface area (Å²) >= 11 is 0. The van der Waals surface area contributed by atoms with E-state index in [9.17, 15) is 5.11 Å². The maximum Gasteiger partial charge on any atom is 0.164 e. The van der Waals surface area contributed by atoms with Gasteiger partial charge in [-0.2, -0.15) is 0 Å². The summed E-state index contributed by atoms with van der Waals surface area (Å²) < 4.78 is 11.1. The topological polar surface area (TPSA) is 38.7 Å². The van der Waals surface area contributed by atoms with Gasteiger partial charge in [0.05, 0.1) is 6.61 Å². The highest BCUT2D eigenvalue weighted by molar-refractivity contribution is 5.51. The molecular weight excluding hydrogens is 204 g/mol. The Morgan fingerprint density at radius 1 is 1.25 bits per heavy atom. The van der Waals surface area contributed by atoms with Gasteiger partial charge in [-0.25, -0.2) is 0 Å². The fourth-order valence-corrected chi connectivity index (χ4v) is 1.81. The number of rotatable bonds is 2. The van der Waals surface area contributed by atoms with Crippen molar-refractivity contribution >= 4 is 0 Å². The number of fused-ring (bicyclic) bond motifs is 1. The van der Waals surface area contributed by atoms with Crippen LogP contribution in [-0.4, -0.2) is 24.9 Å². The summed E-state index contributed by atoms with van der Waals surface area (Å²) in [7, 11) is 0. The van der Waals surface area contributed by atoms with Crippen LogP contribution in [0.4, 0.5) is 0 Å². The van der Waals surface area contributed by atoms with Crippen LogP contribution in [0.15, 0.2) is 12.1 Å². The maximum atomic E-state index is 9.37. The van der Waals surface area contributed by atoms with Gasteiger partial charge in [0.15, 0.2) is 11.5 Å². The van der Waals surface area contributed by atoms with E-state index >= 15 is 0 Å². The van der Waals surface area contributed by atoms with Gasteiger partial charge in [-0.3, -0.25) is 0 Å². The van der Waals surface area contributed by atoms with Crippen molar-refractivity contribution in [2.45, 2.75) is 26.2 Å². The van der Waals surface area contributed by atoms with Crippen molar-refractivity contribution in [2.24, 2.45) is 0 Å². The van der Waals surface area contributed by atoms with Crippen molar-refractivity contribution < 1.29 is 14.6 Å². The van der Waals surface area contributed by atoms with Crippen molar-refractivity contribution in [3.05, 3.63) is 23.3 Å². The molecule has 0 radical (unpaired) electrons.